The highest BCUT2D eigenvalue weighted by Crippen LogP contribution is 2.16. The molecule has 2 aromatic heterocycles. The molecule has 0 fully saturated rings. The second kappa shape index (κ2) is 6.37. The quantitative estimate of drug-likeness (QED) is 0.863. The third-order valence-electron chi connectivity index (χ3n) is 3.24. The van der Waals surface area contributed by atoms with Crippen LogP contribution in [0.5, 0.6) is 0 Å². The van der Waals surface area contributed by atoms with Gasteiger partial charge >= 0.3 is 0 Å². The van der Waals surface area contributed by atoms with Crippen LogP contribution in [0.25, 0.3) is 11.2 Å². The van der Waals surface area contributed by atoms with Gasteiger partial charge in [-0.15, -0.1) is 0 Å². The Labute approximate surface area is 127 Å². The molecule has 0 aromatic carbocycles. The summed E-state index contributed by atoms with van der Waals surface area (Å²) < 4.78 is 2.39. The zero-order valence-electron chi connectivity index (χ0n) is 11.5. The Bertz CT molecular complexity index is 675. The predicted molar refractivity (Wildman–Crippen MR) is 82.5 cm³/mol. The second-order valence-electron chi connectivity index (χ2n) is 4.42. The van der Waals surface area contributed by atoms with Crippen LogP contribution in [0.1, 0.15) is 20.3 Å². The van der Waals surface area contributed by atoms with Crippen molar-refractivity contribution in [2.24, 2.45) is 0 Å². The number of halogens is 1. The normalized spacial score (nSPS) is 10.9. The van der Waals surface area contributed by atoms with E-state index < -0.39 is 0 Å². The molecule has 1 amide bonds. The van der Waals surface area contributed by atoms with E-state index in [1.807, 2.05) is 23.3 Å². The lowest BCUT2D eigenvalue weighted by atomic mass is 10.3. The zero-order valence-corrected chi connectivity index (χ0v) is 13.1. The number of rotatable bonds is 5. The van der Waals surface area contributed by atoms with Gasteiger partial charge in [-0.05, 0) is 32.1 Å². The smallest absolute Gasteiger partial charge is 0.224 e. The monoisotopic (exact) mass is 312 g/mol. The van der Waals surface area contributed by atoms with Crippen molar-refractivity contribution in [2.75, 3.05) is 13.1 Å². The summed E-state index contributed by atoms with van der Waals surface area (Å²) in [6.07, 6.45) is 1.99. The third kappa shape index (κ3) is 3.02. The van der Waals surface area contributed by atoms with Gasteiger partial charge in [0.25, 0.3) is 0 Å². The number of amides is 1. The van der Waals surface area contributed by atoms with E-state index >= 15 is 0 Å². The maximum atomic E-state index is 12.0. The van der Waals surface area contributed by atoms with Gasteiger partial charge in [0.05, 0.1) is 10.5 Å². The average Bonchev–Trinajstić information content (AvgIpc) is 2.72. The van der Waals surface area contributed by atoms with Crippen molar-refractivity contribution < 1.29 is 4.79 Å². The van der Waals surface area contributed by atoms with Crippen LogP contribution in [0.3, 0.4) is 0 Å². The van der Waals surface area contributed by atoms with Gasteiger partial charge in [-0.2, -0.15) is 0 Å². The van der Waals surface area contributed by atoms with Crippen molar-refractivity contribution in [1.82, 2.24) is 19.4 Å². The SMILES string of the molecule is CCN(CC)C(=O)CCn1c(=S)[nH]c2cc(Cl)cnc21. The van der Waals surface area contributed by atoms with E-state index in [1.165, 1.54) is 0 Å². The first-order valence-electron chi connectivity index (χ1n) is 6.58. The minimum atomic E-state index is 0.125. The van der Waals surface area contributed by atoms with Crippen LogP contribution in [0.4, 0.5) is 0 Å². The molecule has 0 bridgehead atoms. The summed E-state index contributed by atoms with van der Waals surface area (Å²) in [7, 11) is 0. The van der Waals surface area contributed by atoms with Gasteiger partial charge in [0, 0.05) is 32.3 Å². The molecule has 0 aliphatic carbocycles. The highest BCUT2D eigenvalue weighted by molar-refractivity contribution is 7.71. The molecule has 0 aliphatic heterocycles. The van der Waals surface area contributed by atoms with Crippen LogP contribution in [0, 0.1) is 4.77 Å². The maximum absolute atomic E-state index is 12.0. The van der Waals surface area contributed by atoms with E-state index in [1.54, 1.807) is 12.3 Å². The number of fused-ring (bicyclic) bond motifs is 1. The number of imidazole rings is 1. The van der Waals surface area contributed by atoms with Crippen molar-refractivity contribution in [1.29, 1.82) is 0 Å². The van der Waals surface area contributed by atoms with E-state index in [4.69, 9.17) is 23.8 Å². The number of H-pyrrole nitrogens is 1. The fraction of sp³-hybridized carbons (Fsp3) is 0.462. The Morgan fingerprint density at radius 1 is 1.50 bits per heavy atom. The Morgan fingerprint density at radius 2 is 2.20 bits per heavy atom. The maximum Gasteiger partial charge on any atom is 0.224 e. The second-order valence-corrected chi connectivity index (χ2v) is 5.25. The van der Waals surface area contributed by atoms with Crippen LogP contribution in [-0.4, -0.2) is 38.4 Å². The molecule has 7 heteroatoms. The van der Waals surface area contributed by atoms with E-state index in [0.29, 0.717) is 22.8 Å². The summed E-state index contributed by atoms with van der Waals surface area (Å²) >= 11 is 11.2. The van der Waals surface area contributed by atoms with Crippen molar-refractivity contribution in [3.05, 3.63) is 22.1 Å². The summed E-state index contributed by atoms with van der Waals surface area (Å²) in [6.45, 7) is 5.92. The summed E-state index contributed by atoms with van der Waals surface area (Å²) in [5.74, 6) is 0.125. The molecule has 0 saturated heterocycles. The van der Waals surface area contributed by atoms with Crippen LogP contribution in [0.15, 0.2) is 12.3 Å². The lowest BCUT2D eigenvalue weighted by Crippen LogP contribution is -2.31. The predicted octanol–water partition coefficient (Wildman–Crippen LogP) is 3.01. The molecule has 0 saturated carbocycles. The average molecular weight is 313 g/mol. The molecule has 0 radical (unpaired) electrons. The van der Waals surface area contributed by atoms with Crippen molar-refractivity contribution in [3.63, 3.8) is 0 Å². The van der Waals surface area contributed by atoms with Crippen molar-refractivity contribution in [2.45, 2.75) is 26.8 Å². The highest BCUT2D eigenvalue weighted by atomic mass is 35.5. The van der Waals surface area contributed by atoms with Crippen LogP contribution in [-0.2, 0) is 11.3 Å². The Kier molecular flexibility index (Phi) is 4.77. The van der Waals surface area contributed by atoms with Crippen LogP contribution < -0.4 is 0 Å². The van der Waals surface area contributed by atoms with Crippen molar-refractivity contribution >= 4 is 40.9 Å². The summed E-state index contributed by atoms with van der Waals surface area (Å²) in [5, 5.41) is 0.556. The molecule has 5 nitrogen and oxygen atoms in total. The molecule has 0 aliphatic rings. The molecular weight excluding hydrogens is 296 g/mol. The lowest BCUT2D eigenvalue weighted by molar-refractivity contribution is -0.131. The van der Waals surface area contributed by atoms with Gasteiger partial charge in [0.15, 0.2) is 10.4 Å². The van der Waals surface area contributed by atoms with Gasteiger partial charge in [-0.25, -0.2) is 4.98 Å². The molecule has 20 heavy (non-hydrogen) atoms. The van der Waals surface area contributed by atoms with E-state index in [9.17, 15) is 4.79 Å². The first-order chi connectivity index (χ1) is 9.56. The number of nitrogens with zero attached hydrogens (tertiary/aromatic N) is 3. The minimum absolute atomic E-state index is 0.125. The fourth-order valence-corrected chi connectivity index (χ4v) is 2.61. The van der Waals surface area contributed by atoms with Gasteiger partial charge in [-0.3, -0.25) is 4.79 Å². The number of nitrogens with one attached hydrogen (secondary N) is 1. The molecule has 2 heterocycles. The van der Waals surface area contributed by atoms with Crippen LogP contribution >= 0.6 is 23.8 Å². The van der Waals surface area contributed by atoms with E-state index in [0.717, 1.165) is 24.3 Å². The molecular formula is C13H17ClN4OS. The molecule has 108 valence electrons. The number of aromatic nitrogens is 3. The molecule has 0 atom stereocenters. The van der Waals surface area contributed by atoms with Gasteiger partial charge < -0.3 is 14.5 Å². The Hall–Kier alpha value is -1.40. The topological polar surface area (TPSA) is 53.9 Å². The van der Waals surface area contributed by atoms with E-state index in [2.05, 4.69) is 9.97 Å². The minimum Gasteiger partial charge on any atom is -0.343 e. The number of carbonyl (C=O) groups is 1. The summed E-state index contributed by atoms with van der Waals surface area (Å²) in [4.78, 5) is 21.2. The molecule has 2 rings (SSSR count). The third-order valence-corrected chi connectivity index (χ3v) is 3.77. The number of hydrogen-bond acceptors (Lipinski definition) is 3. The van der Waals surface area contributed by atoms with Gasteiger partial charge in [0.1, 0.15) is 0 Å². The first kappa shape index (κ1) is 15.0. The molecule has 0 spiro atoms. The number of hydrogen-bond donors (Lipinski definition) is 1. The van der Waals surface area contributed by atoms with Crippen molar-refractivity contribution in [3.8, 4) is 0 Å². The van der Waals surface area contributed by atoms with Gasteiger partial charge in [0.2, 0.25) is 5.91 Å². The standard InChI is InChI=1S/C13H17ClN4OS/c1-3-17(4-2)11(19)5-6-18-12-10(16-13(18)20)7-9(14)8-15-12/h7-8H,3-6H2,1-2H3,(H,16,20). The highest BCUT2D eigenvalue weighted by Gasteiger charge is 2.12. The van der Waals surface area contributed by atoms with Gasteiger partial charge in [-0.1, -0.05) is 11.6 Å². The number of aryl methyl sites for hydroxylation is 1. The molecule has 1 N–H and O–H groups in total. The van der Waals surface area contributed by atoms with E-state index in [-0.39, 0.29) is 5.91 Å². The molecule has 2 aromatic rings. The first-order valence-corrected chi connectivity index (χ1v) is 7.37. The number of pyridine rings is 1. The zero-order chi connectivity index (χ0) is 14.7. The Balaban J connectivity index is 2.20. The lowest BCUT2D eigenvalue weighted by Gasteiger charge is -2.18. The fourth-order valence-electron chi connectivity index (χ4n) is 2.17. The summed E-state index contributed by atoms with van der Waals surface area (Å²) in [5.41, 5.74) is 1.52. The largest absolute Gasteiger partial charge is 0.343 e. The Morgan fingerprint density at radius 3 is 2.85 bits per heavy atom. The summed E-state index contributed by atoms with van der Waals surface area (Å²) in [6, 6.07) is 1.78. The van der Waals surface area contributed by atoms with Crippen LogP contribution in [0.2, 0.25) is 5.02 Å². The molecule has 0 unspecified atom stereocenters. The number of carbonyl (C=O) groups excluding carboxylic acids is 1. The number of aromatic amines is 1.